The van der Waals surface area contributed by atoms with Gasteiger partial charge in [-0.2, -0.15) is 4.98 Å². The molecule has 5 rings (SSSR count). The van der Waals surface area contributed by atoms with Crippen LogP contribution < -0.4 is 15.0 Å². The van der Waals surface area contributed by atoms with E-state index >= 15 is 0 Å². The zero-order chi connectivity index (χ0) is 28.4. The van der Waals surface area contributed by atoms with Gasteiger partial charge in [-0.3, -0.25) is 14.5 Å². The fourth-order valence-electron chi connectivity index (χ4n) is 5.42. The minimum absolute atomic E-state index is 0.0153. The van der Waals surface area contributed by atoms with Gasteiger partial charge in [0.15, 0.2) is 11.6 Å². The molecule has 212 valence electrons. The Hall–Kier alpha value is -3.77. The maximum Gasteiger partial charge on any atom is 0.317 e. The number of aliphatic carboxylic acids is 1. The summed E-state index contributed by atoms with van der Waals surface area (Å²) in [4.78, 5) is 43.7. The van der Waals surface area contributed by atoms with Gasteiger partial charge < -0.3 is 25.0 Å². The van der Waals surface area contributed by atoms with Crippen LogP contribution in [0.1, 0.15) is 25.7 Å². The van der Waals surface area contributed by atoms with Crippen molar-refractivity contribution in [3.8, 4) is 5.75 Å². The molecule has 0 aliphatic carbocycles. The van der Waals surface area contributed by atoms with Gasteiger partial charge in [-0.15, -0.1) is 0 Å². The number of fused-ring (bicyclic) bond motifs is 1. The molecule has 0 spiro atoms. The number of aromatic nitrogens is 3. The van der Waals surface area contributed by atoms with E-state index in [2.05, 4.69) is 10.3 Å². The van der Waals surface area contributed by atoms with Crippen molar-refractivity contribution in [1.82, 2.24) is 24.8 Å². The lowest BCUT2D eigenvalue weighted by Gasteiger charge is -2.38. The number of carbonyl (C=O) groups is 2. The van der Waals surface area contributed by atoms with Gasteiger partial charge in [0.05, 0.1) is 30.2 Å². The van der Waals surface area contributed by atoms with E-state index in [-0.39, 0.29) is 24.2 Å². The van der Waals surface area contributed by atoms with Crippen LogP contribution in [-0.4, -0.2) is 94.2 Å². The number of nitrogens with zero attached hydrogens (tertiary/aromatic N) is 6. The number of carboxylic acids is 1. The number of amides is 1. The number of hydrogen-bond donors (Lipinski definition) is 2. The fraction of sp³-hybridized carbons (Fsp3) is 0.444. The number of carboxylic acid groups (broad SMARTS) is 1. The predicted octanol–water partition coefficient (Wildman–Crippen LogP) is 3.55. The summed E-state index contributed by atoms with van der Waals surface area (Å²) in [7, 11) is 3.20. The van der Waals surface area contributed by atoms with Crippen molar-refractivity contribution in [1.29, 1.82) is 0 Å². The van der Waals surface area contributed by atoms with Crippen molar-refractivity contribution in [2.75, 3.05) is 50.6 Å². The number of carbonyl (C=O) groups excluding carboxylic acids is 1. The summed E-state index contributed by atoms with van der Waals surface area (Å²) in [5.41, 5.74) is 0.508. The molecule has 2 saturated heterocycles. The van der Waals surface area contributed by atoms with Gasteiger partial charge in [0.2, 0.25) is 11.9 Å². The van der Waals surface area contributed by atoms with Gasteiger partial charge in [-0.1, -0.05) is 11.6 Å². The van der Waals surface area contributed by atoms with Gasteiger partial charge in [0, 0.05) is 43.8 Å². The largest absolute Gasteiger partial charge is 0.494 e. The van der Waals surface area contributed by atoms with Crippen LogP contribution in [0, 0.1) is 5.82 Å². The number of likely N-dealkylation sites (N-methyl/N-ethyl adjacent to an activating group) is 1. The van der Waals surface area contributed by atoms with Crippen molar-refractivity contribution in [2.24, 2.45) is 0 Å². The SMILES string of the molecule is COc1cc2nc(N3CCC(N(C)C(=O)C4CCCN4CC(=O)O)CC3)nc(Nc3ccc(Cl)cn3)c2cc1F. The van der Waals surface area contributed by atoms with E-state index < -0.39 is 17.8 Å². The van der Waals surface area contributed by atoms with Gasteiger partial charge in [0.25, 0.3) is 0 Å². The molecule has 4 heterocycles. The summed E-state index contributed by atoms with van der Waals surface area (Å²) in [6.45, 7) is 1.70. The van der Waals surface area contributed by atoms with Crippen molar-refractivity contribution < 1.29 is 23.8 Å². The topological polar surface area (TPSA) is 124 Å². The summed E-state index contributed by atoms with van der Waals surface area (Å²) in [6.07, 6.45) is 4.38. The maximum absolute atomic E-state index is 14.6. The summed E-state index contributed by atoms with van der Waals surface area (Å²) in [5.74, 6) is -0.0535. The molecule has 2 aliphatic heterocycles. The summed E-state index contributed by atoms with van der Waals surface area (Å²) >= 11 is 5.97. The van der Waals surface area contributed by atoms with Crippen LogP contribution in [0.2, 0.25) is 5.02 Å². The molecule has 2 aliphatic rings. The van der Waals surface area contributed by atoms with Gasteiger partial charge in [0.1, 0.15) is 11.6 Å². The molecule has 2 aromatic heterocycles. The number of hydrogen-bond acceptors (Lipinski definition) is 9. The molecule has 13 heteroatoms. The van der Waals surface area contributed by atoms with E-state index in [1.165, 1.54) is 19.4 Å². The number of anilines is 3. The molecule has 0 bridgehead atoms. The smallest absolute Gasteiger partial charge is 0.317 e. The highest BCUT2D eigenvalue weighted by Crippen LogP contribution is 2.32. The number of piperidine rings is 1. The Morgan fingerprint density at radius 1 is 1.20 bits per heavy atom. The van der Waals surface area contributed by atoms with Crippen LogP contribution >= 0.6 is 11.6 Å². The minimum atomic E-state index is -0.924. The zero-order valence-corrected chi connectivity index (χ0v) is 23.1. The van der Waals surface area contributed by atoms with E-state index in [4.69, 9.17) is 26.3 Å². The number of likely N-dealkylation sites (tertiary alicyclic amines) is 1. The van der Waals surface area contributed by atoms with Crippen LogP contribution in [-0.2, 0) is 9.59 Å². The summed E-state index contributed by atoms with van der Waals surface area (Å²) in [5, 5.41) is 13.3. The Labute approximate surface area is 235 Å². The molecule has 3 aromatic rings. The average Bonchev–Trinajstić information content (AvgIpc) is 3.40. The van der Waals surface area contributed by atoms with Crippen molar-refractivity contribution in [3.05, 3.63) is 41.3 Å². The lowest BCUT2D eigenvalue weighted by Crippen LogP contribution is -2.52. The number of nitrogens with one attached hydrogen (secondary N) is 1. The Morgan fingerprint density at radius 2 is 1.98 bits per heavy atom. The third-order valence-corrected chi connectivity index (χ3v) is 7.78. The molecular weight excluding hydrogens is 541 g/mol. The Bertz CT molecular complexity index is 1400. The monoisotopic (exact) mass is 571 g/mol. The highest BCUT2D eigenvalue weighted by molar-refractivity contribution is 6.30. The second-order valence-electron chi connectivity index (χ2n) is 10.1. The predicted molar refractivity (Wildman–Crippen MR) is 149 cm³/mol. The normalized spacial score (nSPS) is 18.2. The number of ether oxygens (including phenoxy) is 1. The van der Waals surface area contributed by atoms with Crippen LogP contribution in [0.5, 0.6) is 5.75 Å². The maximum atomic E-state index is 14.6. The van der Waals surface area contributed by atoms with E-state index in [0.29, 0.717) is 72.4 Å². The molecule has 1 aromatic carbocycles. The van der Waals surface area contributed by atoms with Crippen molar-refractivity contribution in [2.45, 2.75) is 37.8 Å². The molecular formula is C27H31ClFN7O4. The number of methoxy groups -OCH3 is 1. The first kappa shape index (κ1) is 27.8. The quantitative estimate of drug-likeness (QED) is 0.415. The second kappa shape index (κ2) is 11.8. The minimum Gasteiger partial charge on any atom is -0.494 e. The standard InChI is InChI=1S/C27H31ClFN7O4/c1-34(26(39)21-4-3-9-36(21)15-24(37)38)17-7-10-35(11-8-17)27-31-20-13-22(40-2)19(29)12-18(20)25(33-27)32-23-6-5-16(28)14-30-23/h5-6,12-14,17,21H,3-4,7-11,15H2,1-2H3,(H,37,38)(H,30,31,32,33). The van der Waals surface area contributed by atoms with Crippen LogP contribution in [0.4, 0.5) is 22.0 Å². The molecule has 2 fully saturated rings. The van der Waals surface area contributed by atoms with Gasteiger partial charge >= 0.3 is 5.97 Å². The molecule has 0 saturated carbocycles. The zero-order valence-electron chi connectivity index (χ0n) is 22.3. The Balaban J connectivity index is 1.34. The third-order valence-electron chi connectivity index (χ3n) is 7.56. The van der Waals surface area contributed by atoms with E-state index in [0.717, 1.165) is 6.42 Å². The van der Waals surface area contributed by atoms with Gasteiger partial charge in [-0.05, 0) is 50.4 Å². The molecule has 40 heavy (non-hydrogen) atoms. The average molecular weight is 572 g/mol. The van der Waals surface area contributed by atoms with E-state index in [9.17, 15) is 19.1 Å². The fourth-order valence-corrected chi connectivity index (χ4v) is 5.53. The lowest BCUT2D eigenvalue weighted by atomic mass is 10.0. The first-order chi connectivity index (χ1) is 19.2. The van der Waals surface area contributed by atoms with Crippen molar-refractivity contribution >= 4 is 52.0 Å². The number of benzene rings is 1. The van der Waals surface area contributed by atoms with E-state index in [1.54, 1.807) is 35.0 Å². The first-order valence-electron chi connectivity index (χ1n) is 13.1. The Morgan fingerprint density at radius 3 is 2.65 bits per heavy atom. The molecule has 11 nitrogen and oxygen atoms in total. The van der Waals surface area contributed by atoms with E-state index in [1.807, 2.05) is 4.90 Å². The number of rotatable bonds is 8. The van der Waals surface area contributed by atoms with Gasteiger partial charge in [-0.25, -0.2) is 14.4 Å². The first-order valence-corrected chi connectivity index (χ1v) is 13.5. The number of halogens is 2. The molecule has 2 N–H and O–H groups in total. The number of pyridine rings is 1. The van der Waals surface area contributed by atoms with Crippen LogP contribution in [0.25, 0.3) is 10.9 Å². The molecule has 1 unspecified atom stereocenters. The molecule has 1 amide bonds. The van der Waals surface area contributed by atoms with Crippen LogP contribution in [0.15, 0.2) is 30.5 Å². The molecule has 0 radical (unpaired) electrons. The van der Waals surface area contributed by atoms with Crippen molar-refractivity contribution in [3.63, 3.8) is 0 Å². The second-order valence-corrected chi connectivity index (χ2v) is 10.5. The highest BCUT2D eigenvalue weighted by Gasteiger charge is 2.36. The highest BCUT2D eigenvalue weighted by atomic mass is 35.5. The third kappa shape index (κ3) is 5.87. The molecule has 1 atom stereocenters. The Kier molecular flexibility index (Phi) is 8.17. The summed E-state index contributed by atoms with van der Waals surface area (Å²) < 4.78 is 19.8. The van der Waals surface area contributed by atoms with Crippen LogP contribution in [0.3, 0.4) is 0 Å². The lowest BCUT2D eigenvalue weighted by molar-refractivity contribution is -0.141. The summed E-state index contributed by atoms with van der Waals surface area (Å²) in [6, 6.07) is 5.89.